The molecule has 0 spiro atoms. The molecule has 0 aromatic rings. The van der Waals surface area contributed by atoms with Crippen molar-refractivity contribution in [3.8, 4) is 0 Å². The highest BCUT2D eigenvalue weighted by Crippen LogP contribution is 2.37. The molecule has 0 aromatic carbocycles. The van der Waals surface area contributed by atoms with Gasteiger partial charge in [-0.3, -0.25) is 9.93 Å². The molecule has 1 fully saturated rings. The van der Waals surface area contributed by atoms with E-state index in [-0.39, 0.29) is 23.8 Å². The molecule has 4 N–H and O–H groups in total. The number of phosphoric ester groups is 1. The van der Waals surface area contributed by atoms with E-state index in [9.17, 15) is 14.5 Å². The number of hydrogen-bond donors (Lipinski definition) is 4. The quantitative estimate of drug-likeness (QED) is 0.465. The first-order valence-corrected chi connectivity index (χ1v) is 7.94. The molecule has 3 aliphatic heterocycles. The average molecular weight is 345 g/mol. The monoisotopic (exact) mass is 345 g/mol. The summed E-state index contributed by atoms with van der Waals surface area (Å²) in [5.74, 6) is -0.130. The number of amides is 2. The summed E-state index contributed by atoms with van der Waals surface area (Å²) in [4.78, 5) is 41.6. The number of phosphoric acid groups is 1. The minimum atomic E-state index is -4.70. The molecule has 3 rings (SSSR count). The van der Waals surface area contributed by atoms with Crippen LogP contribution in [-0.4, -0.2) is 74.6 Å². The van der Waals surface area contributed by atoms with Gasteiger partial charge in [-0.2, -0.15) is 4.99 Å². The number of carbonyl (C=O) groups is 1. The van der Waals surface area contributed by atoms with Crippen LogP contribution in [0.3, 0.4) is 0 Å². The SMILES string of the molecule is N=C1N=CN=C2C1=NC(=O)N2[C@H]1C[C@H](O)[C@@H](COP(=O)(O)O)O1. The second-order valence-corrected chi connectivity index (χ2v) is 6.12. The van der Waals surface area contributed by atoms with Gasteiger partial charge in [0.2, 0.25) is 0 Å². The number of nitrogens with zero attached hydrogens (tertiary/aromatic N) is 4. The number of aliphatic hydroxyl groups is 1. The Balaban J connectivity index is 1.73. The van der Waals surface area contributed by atoms with Gasteiger partial charge in [0.25, 0.3) is 0 Å². The van der Waals surface area contributed by atoms with E-state index in [2.05, 4.69) is 19.5 Å². The van der Waals surface area contributed by atoms with Crippen LogP contribution in [0.1, 0.15) is 6.42 Å². The summed E-state index contributed by atoms with van der Waals surface area (Å²) in [5, 5.41) is 17.5. The highest BCUT2D eigenvalue weighted by Gasteiger charge is 2.46. The Kier molecular flexibility index (Phi) is 3.96. The summed E-state index contributed by atoms with van der Waals surface area (Å²) in [6.45, 7) is -0.540. The fourth-order valence-corrected chi connectivity index (χ4v) is 2.68. The van der Waals surface area contributed by atoms with Crippen molar-refractivity contribution in [1.29, 1.82) is 5.41 Å². The first-order chi connectivity index (χ1) is 10.8. The number of urea groups is 1. The van der Waals surface area contributed by atoms with Crippen molar-refractivity contribution in [2.45, 2.75) is 24.9 Å². The smallest absolute Gasteiger partial charge is 0.390 e. The number of nitrogens with one attached hydrogen (secondary N) is 1. The zero-order valence-corrected chi connectivity index (χ0v) is 12.3. The molecule has 13 heteroatoms. The van der Waals surface area contributed by atoms with E-state index in [0.717, 1.165) is 11.2 Å². The lowest BCUT2D eigenvalue weighted by atomic mass is 10.2. The number of aliphatic hydroxyl groups excluding tert-OH is 1. The fraction of sp³-hybridized carbons (Fsp3) is 0.500. The van der Waals surface area contributed by atoms with Crippen LogP contribution in [0.15, 0.2) is 15.0 Å². The lowest BCUT2D eigenvalue weighted by Gasteiger charge is -2.24. The van der Waals surface area contributed by atoms with Crippen LogP contribution in [0.2, 0.25) is 0 Å². The first kappa shape index (κ1) is 16.1. The molecular formula is C10H12N5O7P. The maximum absolute atomic E-state index is 12.0. The molecule has 3 heterocycles. The molecule has 124 valence electrons. The predicted octanol–water partition coefficient (Wildman–Crippen LogP) is -1.13. The number of amidine groups is 2. The maximum atomic E-state index is 12.0. The molecule has 3 atom stereocenters. The summed E-state index contributed by atoms with van der Waals surface area (Å²) in [6.07, 6.45) is -1.99. The number of rotatable bonds is 4. The van der Waals surface area contributed by atoms with Gasteiger partial charge >= 0.3 is 13.9 Å². The van der Waals surface area contributed by atoms with Crippen LogP contribution >= 0.6 is 7.82 Å². The summed E-state index contributed by atoms with van der Waals surface area (Å²) in [6, 6.07) is -0.720. The Morgan fingerprint density at radius 2 is 2.26 bits per heavy atom. The van der Waals surface area contributed by atoms with Crippen LogP contribution in [0.25, 0.3) is 0 Å². The van der Waals surface area contributed by atoms with Gasteiger partial charge in [0.15, 0.2) is 17.4 Å². The second-order valence-electron chi connectivity index (χ2n) is 4.88. The molecule has 23 heavy (non-hydrogen) atoms. The van der Waals surface area contributed by atoms with Crippen molar-refractivity contribution in [3.63, 3.8) is 0 Å². The highest BCUT2D eigenvalue weighted by molar-refractivity contribution is 7.46. The Bertz CT molecular complexity index is 698. The normalized spacial score (nSPS) is 30.6. The Morgan fingerprint density at radius 3 is 2.96 bits per heavy atom. The lowest BCUT2D eigenvalue weighted by Crippen LogP contribution is -2.44. The molecule has 0 aromatic heterocycles. The van der Waals surface area contributed by atoms with Gasteiger partial charge in [-0.1, -0.05) is 0 Å². The minimum absolute atomic E-state index is 0.00510. The van der Waals surface area contributed by atoms with Crippen LogP contribution in [0, 0.1) is 5.41 Å². The molecule has 0 unspecified atom stereocenters. The largest absolute Gasteiger partial charge is 0.469 e. The molecule has 1 saturated heterocycles. The third-order valence-electron chi connectivity index (χ3n) is 3.34. The molecule has 3 aliphatic rings. The van der Waals surface area contributed by atoms with Crippen molar-refractivity contribution in [1.82, 2.24) is 4.90 Å². The van der Waals surface area contributed by atoms with Gasteiger partial charge < -0.3 is 19.6 Å². The molecule has 0 saturated carbocycles. The third kappa shape index (κ3) is 3.13. The van der Waals surface area contributed by atoms with Gasteiger partial charge in [-0.25, -0.2) is 24.2 Å². The van der Waals surface area contributed by atoms with Crippen molar-refractivity contribution in [2.24, 2.45) is 15.0 Å². The van der Waals surface area contributed by atoms with Gasteiger partial charge in [0.05, 0.1) is 12.7 Å². The summed E-state index contributed by atoms with van der Waals surface area (Å²) >= 11 is 0. The van der Waals surface area contributed by atoms with E-state index >= 15 is 0 Å². The zero-order valence-electron chi connectivity index (χ0n) is 11.4. The molecule has 0 aliphatic carbocycles. The number of carbonyl (C=O) groups excluding carboxylic acids is 1. The predicted molar refractivity (Wildman–Crippen MR) is 75.6 cm³/mol. The molecule has 0 radical (unpaired) electrons. The number of ether oxygens (including phenoxy) is 1. The standard InChI is InChI=1S/C10H12N5O7P/c11-8-7-9(13-3-12-8)15(10(17)14-7)6-1-4(16)5(22-6)2-21-23(18,19)20/h3-6,11,16H,1-2H2,(H2,18,19,20)/t4-,5+,6+/m0/s1. The number of fused-ring (bicyclic) bond motifs is 1. The van der Waals surface area contributed by atoms with E-state index < -0.39 is 38.9 Å². The van der Waals surface area contributed by atoms with Gasteiger partial charge in [-0.05, 0) is 0 Å². The lowest BCUT2D eigenvalue weighted by molar-refractivity contribution is -0.0464. The average Bonchev–Trinajstić information content (AvgIpc) is 2.96. The zero-order chi connectivity index (χ0) is 16.8. The van der Waals surface area contributed by atoms with Crippen molar-refractivity contribution < 1.29 is 33.5 Å². The van der Waals surface area contributed by atoms with Gasteiger partial charge in [0.1, 0.15) is 18.7 Å². The fourth-order valence-electron chi connectivity index (χ4n) is 2.34. The van der Waals surface area contributed by atoms with E-state index in [1.54, 1.807) is 0 Å². The molecule has 2 amide bonds. The Morgan fingerprint density at radius 1 is 1.52 bits per heavy atom. The van der Waals surface area contributed by atoms with Gasteiger partial charge in [-0.15, -0.1) is 0 Å². The van der Waals surface area contributed by atoms with Crippen LogP contribution in [-0.2, 0) is 13.8 Å². The summed E-state index contributed by atoms with van der Waals surface area (Å²) < 4.78 is 20.4. The van der Waals surface area contributed by atoms with E-state index in [0.29, 0.717) is 0 Å². The summed E-state index contributed by atoms with van der Waals surface area (Å²) in [5.41, 5.74) is 0.00510. The number of hydrogen-bond acceptors (Lipinski definition) is 7. The van der Waals surface area contributed by atoms with E-state index in [1.807, 2.05) is 0 Å². The maximum Gasteiger partial charge on any atom is 0.469 e. The number of aliphatic imine (C=N–C) groups is 3. The van der Waals surface area contributed by atoms with Crippen LogP contribution < -0.4 is 0 Å². The van der Waals surface area contributed by atoms with Crippen molar-refractivity contribution in [2.75, 3.05) is 6.61 Å². The van der Waals surface area contributed by atoms with E-state index in [1.165, 1.54) is 0 Å². The third-order valence-corrected chi connectivity index (χ3v) is 3.83. The van der Waals surface area contributed by atoms with Crippen molar-refractivity contribution >= 4 is 37.6 Å². The van der Waals surface area contributed by atoms with Gasteiger partial charge in [0, 0.05) is 6.42 Å². The topological polar surface area (TPSA) is 177 Å². The Hall–Kier alpha value is -1.82. The molecular weight excluding hydrogens is 333 g/mol. The molecule has 0 bridgehead atoms. The Labute approximate surface area is 128 Å². The van der Waals surface area contributed by atoms with Crippen molar-refractivity contribution in [3.05, 3.63) is 0 Å². The highest BCUT2D eigenvalue weighted by atomic mass is 31.2. The molecule has 12 nitrogen and oxygen atoms in total. The van der Waals surface area contributed by atoms with E-state index in [4.69, 9.17) is 19.9 Å². The summed E-state index contributed by atoms with van der Waals surface area (Å²) in [7, 11) is -4.70. The minimum Gasteiger partial charge on any atom is -0.390 e. The van der Waals surface area contributed by atoms with Crippen LogP contribution in [0.5, 0.6) is 0 Å². The first-order valence-electron chi connectivity index (χ1n) is 6.41. The second kappa shape index (κ2) is 5.67. The van der Waals surface area contributed by atoms with Crippen LogP contribution in [0.4, 0.5) is 4.79 Å².